The first-order valence-corrected chi connectivity index (χ1v) is 34.4. The van der Waals surface area contributed by atoms with E-state index in [1.165, 1.54) is 0 Å². The van der Waals surface area contributed by atoms with Crippen LogP contribution in [0, 0.1) is 0 Å². The zero-order valence-electron chi connectivity index (χ0n) is 55.4. The number of amides is 8. The molecule has 12 rings (SSSR count). The van der Waals surface area contributed by atoms with Gasteiger partial charge < -0.3 is 66.6 Å². The Bertz CT molecular complexity index is 3880. The van der Waals surface area contributed by atoms with Crippen molar-refractivity contribution in [3.63, 3.8) is 0 Å². The average Bonchev–Trinajstić information content (AvgIpc) is 1.50. The van der Waals surface area contributed by atoms with Crippen LogP contribution in [0.1, 0.15) is 107 Å². The number of carbonyl (C=O) groups is 8. The number of halogens is 1. The molecule has 21 nitrogen and oxygen atoms in total. The highest BCUT2D eigenvalue weighted by Crippen LogP contribution is 2.42. The summed E-state index contributed by atoms with van der Waals surface area (Å²) in [5.74, 6) is -2.25. The highest BCUT2D eigenvalue weighted by molar-refractivity contribution is 7.08. The van der Waals surface area contributed by atoms with E-state index < -0.39 is 58.9 Å². The lowest BCUT2D eigenvalue weighted by molar-refractivity contribution is -0.133. The van der Waals surface area contributed by atoms with Crippen molar-refractivity contribution in [3.05, 3.63) is 164 Å². The number of para-hydroxylation sites is 4. The molecule has 24 heteroatoms. The minimum absolute atomic E-state index is 0. The minimum atomic E-state index is -1.17. The number of hydrogen-bond acceptors (Lipinski definition) is 13. The number of thiophene rings is 2. The van der Waals surface area contributed by atoms with Crippen molar-refractivity contribution in [3.8, 4) is 0 Å². The van der Waals surface area contributed by atoms with Gasteiger partial charge in [0.05, 0.1) is 46.9 Å². The fourth-order valence-corrected chi connectivity index (χ4v) is 14.1. The summed E-state index contributed by atoms with van der Waals surface area (Å²) in [5.41, 5.74) is 20.5. The molecule has 96 heavy (non-hydrogen) atoms. The van der Waals surface area contributed by atoms with Crippen molar-refractivity contribution in [2.75, 3.05) is 39.3 Å². The largest absolute Gasteiger partial charge is 0.397 e. The highest BCUT2D eigenvalue weighted by Gasteiger charge is 2.42. The summed E-state index contributed by atoms with van der Waals surface area (Å²) in [4.78, 5) is 116. The first kappa shape index (κ1) is 71.6. The second kappa shape index (κ2) is 31.0. The number of aryl methyl sites for hydroxylation is 2. The predicted octanol–water partition coefficient (Wildman–Crippen LogP) is 8.01. The van der Waals surface area contributed by atoms with E-state index in [-0.39, 0.29) is 68.3 Å². The van der Waals surface area contributed by atoms with Gasteiger partial charge in [0.2, 0.25) is 47.3 Å². The summed E-state index contributed by atoms with van der Waals surface area (Å²) in [6, 6.07) is 27.5. The molecule has 2 saturated heterocycles. The molecule has 6 atom stereocenters. The van der Waals surface area contributed by atoms with Gasteiger partial charge in [-0.1, -0.05) is 74.5 Å². The zero-order valence-corrected chi connectivity index (χ0v) is 57.8. The first-order chi connectivity index (χ1) is 45.5. The normalized spacial score (nSPS) is 17.8. The van der Waals surface area contributed by atoms with Gasteiger partial charge in [-0.25, -0.2) is 0 Å². The molecule has 4 aliphatic heterocycles. The Morgan fingerprint density at radius 3 is 1.31 bits per heavy atom. The van der Waals surface area contributed by atoms with E-state index in [4.69, 9.17) is 16.6 Å². The molecule has 508 valence electrons. The van der Waals surface area contributed by atoms with Crippen LogP contribution in [0.2, 0.25) is 0 Å². The molecule has 8 heterocycles. The number of nitrogens with zero attached hydrogens (tertiary/aromatic N) is 6. The summed E-state index contributed by atoms with van der Waals surface area (Å²) in [7, 11) is 3.88. The molecule has 0 bridgehead atoms. The quantitative estimate of drug-likeness (QED) is 0.0384. The topological polar surface area (TPSA) is 280 Å². The van der Waals surface area contributed by atoms with Crippen LogP contribution in [0.25, 0.3) is 21.8 Å². The van der Waals surface area contributed by atoms with E-state index in [1.807, 2.05) is 168 Å². The molecule has 0 radical (unpaired) electrons. The number of rotatable bonds is 20. The van der Waals surface area contributed by atoms with Crippen LogP contribution < -0.4 is 52.3 Å². The number of carbonyl (C=O) groups excluding carboxylic acids is 8. The predicted molar refractivity (Wildman–Crippen MR) is 381 cm³/mol. The van der Waals surface area contributed by atoms with Gasteiger partial charge in [0.25, 0.3) is 0 Å². The molecule has 9 N–H and O–H groups in total. The monoisotopic (exact) mass is 1360 g/mol. The Labute approximate surface area is 573 Å². The number of nitrogens with two attached hydrogens (primary N) is 2. The van der Waals surface area contributed by atoms with E-state index in [2.05, 4.69) is 21.3 Å². The maximum atomic E-state index is 14.3. The lowest BCUT2D eigenvalue weighted by Gasteiger charge is -2.37. The maximum Gasteiger partial charge on any atom is 0.250 e. The maximum absolute atomic E-state index is 14.3. The molecular weight excluding hydrogens is 1280 g/mol. The van der Waals surface area contributed by atoms with Gasteiger partial charge in [0.1, 0.15) is 24.2 Å². The van der Waals surface area contributed by atoms with Gasteiger partial charge in [0.15, 0.2) is 0 Å². The molecule has 8 amide bonds. The Kier molecular flexibility index (Phi) is 23.1. The summed E-state index contributed by atoms with van der Waals surface area (Å²) in [6.07, 6.45) is 8.14. The summed E-state index contributed by atoms with van der Waals surface area (Å²) in [5, 5.41) is 29.2. The van der Waals surface area contributed by atoms with Crippen LogP contribution in [0.4, 0.5) is 22.7 Å². The number of anilines is 4. The van der Waals surface area contributed by atoms with Crippen LogP contribution in [-0.4, -0.2) is 116 Å². The Morgan fingerprint density at radius 1 is 0.583 bits per heavy atom. The first-order valence-electron chi connectivity index (χ1n) is 32.5. The molecule has 2 unspecified atom stereocenters. The number of fused-ring (bicyclic) bond motifs is 4. The molecule has 2 fully saturated rings. The second-order valence-electron chi connectivity index (χ2n) is 25.4. The average molecular weight is 1360 g/mol. The lowest BCUT2D eigenvalue weighted by Crippen LogP contribution is -2.60. The number of nitrogens with one attached hydrogen (secondary N) is 4. The summed E-state index contributed by atoms with van der Waals surface area (Å²) >= 11 is 3.09. The highest BCUT2D eigenvalue weighted by atomic mass is 35.5. The van der Waals surface area contributed by atoms with E-state index in [0.717, 1.165) is 79.4 Å². The molecule has 0 spiro atoms. The van der Waals surface area contributed by atoms with E-state index >= 15 is 0 Å². The van der Waals surface area contributed by atoms with Crippen molar-refractivity contribution >= 4 is 127 Å². The number of aliphatic hydroxyl groups excluding tert-OH is 1. The van der Waals surface area contributed by atoms with Gasteiger partial charge in [-0.2, -0.15) is 22.7 Å². The van der Waals surface area contributed by atoms with E-state index in [1.54, 1.807) is 63.0 Å². The molecule has 8 aromatic rings. The van der Waals surface area contributed by atoms with Crippen molar-refractivity contribution in [2.45, 2.75) is 147 Å². The van der Waals surface area contributed by atoms with Crippen molar-refractivity contribution < 1.29 is 43.5 Å². The third kappa shape index (κ3) is 15.6. The number of aromatic nitrogens is 2. The number of hydrogen-bond donors (Lipinski definition) is 7. The third-order valence-electron chi connectivity index (χ3n) is 18.5. The van der Waals surface area contributed by atoms with Crippen LogP contribution >= 0.6 is 35.1 Å². The van der Waals surface area contributed by atoms with Gasteiger partial charge in [-0.3, -0.25) is 38.4 Å². The molecule has 4 aliphatic rings. The molecule has 0 aliphatic carbocycles. The van der Waals surface area contributed by atoms with Crippen molar-refractivity contribution in [1.82, 2.24) is 30.4 Å². The van der Waals surface area contributed by atoms with Crippen LogP contribution in [0.3, 0.4) is 0 Å². The minimum Gasteiger partial charge on any atom is -0.397 e. The smallest absolute Gasteiger partial charge is 0.250 e. The third-order valence-corrected chi connectivity index (χ3v) is 19.9. The molecule has 0 saturated carbocycles. The van der Waals surface area contributed by atoms with E-state index in [9.17, 15) is 38.4 Å². The lowest BCUT2D eigenvalue weighted by atomic mass is 9.94. The Morgan fingerprint density at radius 2 is 0.969 bits per heavy atom. The van der Waals surface area contributed by atoms with Gasteiger partial charge in [0, 0.05) is 107 Å². The Balaban J connectivity index is 0.000000214. The van der Waals surface area contributed by atoms with Gasteiger partial charge in [-0.15, -0.1) is 12.4 Å². The van der Waals surface area contributed by atoms with Crippen molar-refractivity contribution in [1.29, 1.82) is 0 Å². The van der Waals surface area contributed by atoms with Crippen LogP contribution in [-0.2, 0) is 91.2 Å². The fourth-order valence-electron chi connectivity index (χ4n) is 12.8. The van der Waals surface area contributed by atoms with Gasteiger partial charge >= 0.3 is 0 Å². The SMILES string of the molecule is CCO.CC[C@@](C)(N)C(=O)N[C@H](Cc1cn(C)c2ccccc12)C(=O)NC1Cc2cccc(N3CCCC3=O)c2N(Cc2ccsc2)C1=O.CC[C@@](C)(N)C(=O)N[C@H](Cc1cn(C)c2ccccc12)C(=O)NC1Cc2cccc(N3CCCC3=O)c2N(Cc2ccsc2)C1=O.Cl. The Hall–Kier alpha value is -8.71. The van der Waals surface area contributed by atoms with Crippen LogP contribution in [0.5, 0.6) is 0 Å². The number of benzene rings is 4. The fraction of sp³-hybridized carbons (Fsp3) is 0.389. The van der Waals surface area contributed by atoms with E-state index in [0.29, 0.717) is 63.2 Å². The second-order valence-corrected chi connectivity index (χ2v) is 27.0. The summed E-state index contributed by atoms with van der Waals surface area (Å²) in [6.45, 7) is 10.7. The standard InChI is InChI=1S/2C35H40N6O4S.C2H6O.ClH/c2*1-4-35(2,36)34(45)38-26(18-24-20-39(3)28-11-6-5-10-25(24)28)32(43)37-27-17-23-9-7-12-29(40-15-8-13-30(40)42)31(23)41(33(27)44)19-22-14-16-46-21-22;1-2-3;/h2*5-7,9-12,14,16,20-21,26-27H,4,8,13,15,17-19,36H2,1-3H3,(H,37,43)(H,38,45);3H,2H2,1H3;1H/t2*26-,27?,35-;;/m11../s1. The van der Waals surface area contributed by atoms with Crippen molar-refractivity contribution in [2.24, 2.45) is 25.6 Å². The number of aliphatic hydroxyl groups is 1. The van der Waals surface area contributed by atoms with Crippen LogP contribution in [0.15, 0.2) is 131 Å². The molecule has 4 aromatic carbocycles. The zero-order chi connectivity index (χ0) is 67.9. The molecule has 4 aromatic heterocycles. The van der Waals surface area contributed by atoms with Gasteiger partial charge in [-0.05, 0) is 138 Å². The summed E-state index contributed by atoms with van der Waals surface area (Å²) < 4.78 is 3.99. The molecular formula is C72H87ClN12O9S2.